The second kappa shape index (κ2) is 10.4. The summed E-state index contributed by atoms with van der Waals surface area (Å²) in [5, 5.41) is 30.7. The van der Waals surface area contributed by atoms with E-state index >= 15 is 0 Å². The lowest BCUT2D eigenvalue weighted by atomic mass is 9.99. The zero-order valence-electron chi connectivity index (χ0n) is 16.8. The first-order valence-electron chi connectivity index (χ1n) is 9.62. The summed E-state index contributed by atoms with van der Waals surface area (Å²) in [5.41, 5.74) is 0.901. The average Bonchev–Trinajstić information content (AvgIpc) is 2.74. The van der Waals surface area contributed by atoms with Crippen molar-refractivity contribution < 1.29 is 45.3 Å². The van der Waals surface area contributed by atoms with Gasteiger partial charge in [0.2, 0.25) is 0 Å². The van der Waals surface area contributed by atoms with Crippen LogP contribution in [0.5, 0.6) is 0 Å². The van der Waals surface area contributed by atoms with Gasteiger partial charge in [0.15, 0.2) is 12.4 Å². The minimum atomic E-state index is -4.25. The maximum atomic E-state index is 12.3. The first-order chi connectivity index (χ1) is 15.1. The lowest BCUT2D eigenvalue weighted by Gasteiger charge is -2.39. The van der Waals surface area contributed by atoms with Crippen molar-refractivity contribution in [2.75, 3.05) is 6.61 Å². The second-order valence-corrected chi connectivity index (χ2v) is 10.5. The van der Waals surface area contributed by atoms with E-state index in [9.17, 15) is 32.2 Å². The highest BCUT2D eigenvalue weighted by molar-refractivity contribution is 7.86. The number of hydrogen-bond acceptors (Lipinski definition) is 10. The molecule has 32 heavy (non-hydrogen) atoms. The largest absolute Gasteiger partial charge is 0.387 e. The fourth-order valence-electron chi connectivity index (χ4n) is 3.13. The Morgan fingerprint density at radius 3 is 1.78 bits per heavy atom. The summed E-state index contributed by atoms with van der Waals surface area (Å²) in [5.74, 6) is -0.949. The van der Waals surface area contributed by atoms with E-state index in [0.717, 1.165) is 0 Å². The molecule has 2 aromatic carbocycles. The van der Waals surface area contributed by atoms with Crippen LogP contribution in [0.25, 0.3) is 0 Å². The second-order valence-electron chi connectivity index (χ2n) is 7.27. The molecule has 0 aliphatic carbocycles. The molecule has 10 nitrogen and oxygen atoms in total. The minimum Gasteiger partial charge on any atom is -0.387 e. The summed E-state index contributed by atoms with van der Waals surface area (Å²) in [4.78, 5) is 0. The normalized spacial score (nSPS) is 26.7. The van der Waals surface area contributed by atoms with E-state index in [2.05, 4.69) is 0 Å². The maximum Gasteiger partial charge on any atom is 0.272 e. The van der Waals surface area contributed by atoms with Crippen LogP contribution in [-0.2, 0) is 44.8 Å². The zero-order valence-corrected chi connectivity index (χ0v) is 18.4. The van der Waals surface area contributed by atoms with E-state index in [1.165, 1.54) is 0 Å². The van der Waals surface area contributed by atoms with Gasteiger partial charge in [-0.05, 0) is 11.1 Å². The van der Waals surface area contributed by atoms with Crippen molar-refractivity contribution in [2.24, 2.45) is 0 Å². The van der Waals surface area contributed by atoms with Gasteiger partial charge in [-0.2, -0.15) is 16.8 Å². The Morgan fingerprint density at radius 1 is 0.750 bits per heavy atom. The molecule has 1 fully saturated rings. The Balaban J connectivity index is 1.59. The molecule has 3 rings (SSSR count). The number of benzene rings is 2. The van der Waals surface area contributed by atoms with Crippen LogP contribution in [-0.4, -0.2) is 69.5 Å². The van der Waals surface area contributed by atoms with Gasteiger partial charge in [0.1, 0.15) is 29.8 Å². The van der Waals surface area contributed by atoms with Crippen molar-refractivity contribution in [3.63, 3.8) is 0 Å². The third-order valence-electron chi connectivity index (χ3n) is 4.70. The quantitative estimate of drug-likeness (QED) is 0.407. The molecule has 0 spiro atoms. The Bertz CT molecular complexity index is 1070. The van der Waals surface area contributed by atoms with Crippen LogP contribution in [0.1, 0.15) is 11.1 Å². The van der Waals surface area contributed by atoms with E-state index in [1.807, 2.05) is 0 Å². The van der Waals surface area contributed by atoms with Crippen molar-refractivity contribution in [3.05, 3.63) is 71.8 Å². The van der Waals surface area contributed by atoms with Gasteiger partial charge in [0.25, 0.3) is 20.2 Å². The highest BCUT2D eigenvalue weighted by Crippen LogP contribution is 2.25. The fourth-order valence-corrected chi connectivity index (χ4v) is 5.38. The molecule has 5 atom stereocenters. The van der Waals surface area contributed by atoms with Crippen LogP contribution < -0.4 is 0 Å². The molecule has 1 unspecified atom stereocenters. The SMILES string of the molecule is O=S(=O)(Cc1ccccc1)OC[C@H]1OC(O)[C@H](OS(=O)(=O)Cc2ccccc2)[C@@H](O)[C@@H]1O. The average molecular weight is 489 g/mol. The molecule has 176 valence electrons. The monoisotopic (exact) mass is 488 g/mol. The molecule has 2 aromatic rings. The number of rotatable bonds is 9. The molecule has 0 aromatic heterocycles. The molecule has 0 amide bonds. The summed E-state index contributed by atoms with van der Waals surface area (Å²) in [6, 6.07) is 16.3. The van der Waals surface area contributed by atoms with Gasteiger partial charge in [-0.3, -0.25) is 8.37 Å². The van der Waals surface area contributed by atoms with Crippen LogP contribution in [0.2, 0.25) is 0 Å². The highest BCUT2D eigenvalue weighted by atomic mass is 32.2. The summed E-state index contributed by atoms with van der Waals surface area (Å²) in [6.45, 7) is -0.700. The number of aliphatic hydroxyl groups excluding tert-OH is 3. The van der Waals surface area contributed by atoms with Gasteiger partial charge >= 0.3 is 0 Å². The molecular weight excluding hydrogens is 464 g/mol. The van der Waals surface area contributed by atoms with Crippen molar-refractivity contribution >= 4 is 20.2 Å². The topological polar surface area (TPSA) is 157 Å². The molecule has 0 radical (unpaired) electrons. The molecule has 1 aliphatic rings. The van der Waals surface area contributed by atoms with Crippen LogP contribution in [0.4, 0.5) is 0 Å². The van der Waals surface area contributed by atoms with Crippen LogP contribution >= 0.6 is 0 Å². The van der Waals surface area contributed by atoms with Gasteiger partial charge in [-0.1, -0.05) is 60.7 Å². The Kier molecular flexibility index (Phi) is 8.01. The third-order valence-corrected chi connectivity index (χ3v) is 7.09. The molecule has 1 saturated heterocycles. The van der Waals surface area contributed by atoms with Gasteiger partial charge < -0.3 is 20.1 Å². The Morgan fingerprint density at radius 2 is 1.25 bits per heavy atom. The number of ether oxygens (including phenoxy) is 1. The van der Waals surface area contributed by atoms with Gasteiger partial charge in [0.05, 0.1) is 6.61 Å². The lowest BCUT2D eigenvalue weighted by molar-refractivity contribution is -0.278. The number of aliphatic hydroxyl groups is 3. The summed E-state index contributed by atoms with van der Waals surface area (Å²) >= 11 is 0. The van der Waals surface area contributed by atoms with Crippen molar-refractivity contribution in [1.82, 2.24) is 0 Å². The molecule has 1 aliphatic heterocycles. The lowest BCUT2D eigenvalue weighted by Crippen LogP contribution is -2.60. The maximum absolute atomic E-state index is 12.3. The standard InChI is InChI=1S/C20H24O10S2/c21-17-16(11-28-31(24,25)12-14-7-3-1-4-8-14)29-20(23)19(18(17)22)30-32(26,27)13-15-9-5-2-6-10-15/h1-10,16-23H,11-13H2/t16-,17-,18+,19-,20?/m1/s1. The van der Waals surface area contributed by atoms with E-state index in [1.54, 1.807) is 60.7 Å². The van der Waals surface area contributed by atoms with Gasteiger partial charge in [-0.15, -0.1) is 0 Å². The summed E-state index contributed by atoms with van der Waals surface area (Å²) in [6.07, 6.45) is -8.86. The van der Waals surface area contributed by atoms with Crippen LogP contribution in [0, 0.1) is 0 Å². The molecule has 3 N–H and O–H groups in total. The Labute approximate surface area is 186 Å². The molecule has 0 bridgehead atoms. The summed E-state index contributed by atoms with van der Waals surface area (Å²) < 4.78 is 63.7. The Hall–Kier alpha value is -1.90. The van der Waals surface area contributed by atoms with E-state index in [-0.39, 0.29) is 0 Å². The van der Waals surface area contributed by atoms with Gasteiger partial charge in [0, 0.05) is 0 Å². The van der Waals surface area contributed by atoms with Crippen LogP contribution in [0.3, 0.4) is 0 Å². The summed E-state index contributed by atoms with van der Waals surface area (Å²) in [7, 11) is -8.30. The zero-order chi connectivity index (χ0) is 23.4. The van der Waals surface area contributed by atoms with Crippen LogP contribution in [0.15, 0.2) is 60.7 Å². The van der Waals surface area contributed by atoms with Crippen molar-refractivity contribution in [3.8, 4) is 0 Å². The van der Waals surface area contributed by atoms with Crippen molar-refractivity contribution in [2.45, 2.75) is 42.2 Å². The first-order valence-corrected chi connectivity index (χ1v) is 12.8. The van der Waals surface area contributed by atoms with Gasteiger partial charge in [-0.25, -0.2) is 0 Å². The number of hydrogen-bond donors (Lipinski definition) is 3. The molecule has 12 heteroatoms. The first kappa shape index (κ1) is 24.7. The van der Waals surface area contributed by atoms with E-state index in [4.69, 9.17) is 13.1 Å². The van der Waals surface area contributed by atoms with E-state index in [0.29, 0.717) is 11.1 Å². The molecule has 1 heterocycles. The minimum absolute atomic E-state index is 0.420. The fraction of sp³-hybridized carbons (Fsp3) is 0.400. The third kappa shape index (κ3) is 6.80. The smallest absolute Gasteiger partial charge is 0.272 e. The van der Waals surface area contributed by atoms with Crippen molar-refractivity contribution in [1.29, 1.82) is 0 Å². The highest BCUT2D eigenvalue weighted by Gasteiger charge is 2.47. The van der Waals surface area contributed by atoms with E-state index < -0.39 is 69.1 Å². The molecule has 0 saturated carbocycles. The predicted molar refractivity (Wildman–Crippen MR) is 112 cm³/mol. The predicted octanol–water partition coefficient (Wildman–Crippen LogP) is -0.113. The molecular formula is C20H24O10S2.